The van der Waals surface area contributed by atoms with Gasteiger partial charge in [-0.25, -0.2) is 0 Å². The molecule has 0 saturated heterocycles. The van der Waals surface area contributed by atoms with Crippen molar-refractivity contribution in [3.63, 3.8) is 0 Å². The van der Waals surface area contributed by atoms with Crippen LogP contribution in [-0.4, -0.2) is 11.2 Å². The highest BCUT2D eigenvalue weighted by Gasteiger charge is 1.96. The van der Waals surface area contributed by atoms with E-state index in [1.165, 1.54) is 0 Å². The molecule has 1 rings (SSSR count). The number of rotatable bonds is 3. The van der Waals surface area contributed by atoms with Gasteiger partial charge in [-0.1, -0.05) is 37.0 Å². The standard InChI is InChI=1S/C13H16O/c1-2-13(14)11-7-6-10-12-8-4-3-5-9-12/h3-5,8-9,13-14H,2,7,11H2,1H3/t13-/m1/s1. The van der Waals surface area contributed by atoms with E-state index < -0.39 is 0 Å². The molecule has 1 aromatic carbocycles. The molecule has 0 aliphatic heterocycles. The summed E-state index contributed by atoms with van der Waals surface area (Å²) in [4.78, 5) is 0. The molecule has 0 aliphatic rings. The van der Waals surface area contributed by atoms with Gasteiger partial charge in [0.05, 0.1) is 6.10 Å². The number of benzene rings is 1. The van der Waals surface area contributed by atoms with Crippen LogP contribution >= 0.6 is 0 Å². The van der Waals surface area contributed by atoms with Crippen molar-refractivity contribution in [1.82, 2.24) is 0 Å². The van der Waals surface area contributed by atoms with Crippen LogP contribution in [0.2, 0.25) is 0 Å². The van der Waals surface area contributed by atoms with Gasteiger partial charge in [-0.2, -0.15) is 0 Å². The summed E-state index contributed by atoms with van der Waals surface area (Å²) in [5, 5.41) is 9.29. The normalized spacial score (nSPS) is 11.6. The minimum atomic E-state index is -0.194. The zero-order valence-electron chi connectivity index (χ0n) is 8.53. The van der Waals surface area contributed by atoms with Crippen molar-refractivity contribution < 1.29 is 5.11 Å². The Hall–Kier alpha value is -1.26. The van der Waals surface area contributed by atoms with Gasteiger partial charge in [-0.15, -0.1) is 0 Å². The zero-order valence-corrected chi connectivity index (χ0v) is 8.53. The Labute approximate surface area is 85.8 Å². The molecule has 0 aliphatic carbocycles. The van der Waals surface area contributed by atoms with Crippen molar-refractivity contribution in [3.05, 3.63) is 35.9 Å². The van der Waals surface area contributed by atoms with E-state index in [0.29, 0.717) is 0 Å². The maximum Gasteiger partial charge on any atom is 0.0546 e. The molecule has 1 atom stereocenters. The number of hydrogen-bond donors (Lipinski definition) is 1. The van der Waals surface area contributed by atoms with Crippen molar-refractivity contribution in [3.8, 4) is 11.8 Å². The molecule has 1 aromatic rings. The molecular formula is C13H16O. The highest BCUT2D eigenvalue weighted by Crippen LogP contribution is 2.00. The van der Waals surface area contributed by atoms with Crippen molar-refractivity contribution in [2.75, 3.05) is 0 Å². The van der Waals surface area contributed by atoms with Crippen molar-refractivity contribution >= 4 is 0 Å². The number of aliphatic hydroxyl groups excluding tert-OH is 1. The lowest BCUT2D eigenvalue weighted by molar-refractivity contribution is 0.162. The molecule has 0 aromatic heterocycles. The fourth-order valence-corrected chi connectivity index (χ4v) is 1.13. The first kappa shape index (κ1) is 10.8. The van der Waals surface area contributed by atoms with Crippen LogP contribution in [0.1, 0.15) is 31.7 Å². The van der Waals surface area contributed by atoms with Gasteiger partial charge in [0.25, 0.3) is 0 Å². The summed E-state index contributed by atoms with van der Waals surface area (Å²) >= 11 is 0. The third-order valence-corrected chi connectivity index (χ3v) is 2.08. The number of hydrogen-bond acceptors (Lipinski definition) is 1. The van der Waals surface area contributed by atoms with Gasteiger partial charge in [0.1, 0.15) is 0 Å². The van der Waals surface area contributed by atoms with Crippen LogP contribution < -0.4 is 0 Å². The quantitative estimate of drug-likeness (QED) is 0.723. The Morgan fingerprint density at radius 1 is 1.29 bits per heavy atom. The molecule has 1 N–H and O–H groups in total. The summed E-state index contributed by atoms with van der Waals surface area (Å²) in [5.74, 6) is 6.12. The third-order valence-electron chi connectivity index (χ3n) is 2.08. The molecule has 0 radical (unpaired) electrons. The van der Waals surface area contributed by atoms with Gasteiger partial charge in [0, 0.05) is 12.0 Å². The van der Waals surface area contributed by atoms with Crippen LogP contribution in [0, 0.1) is 11.8 Å². The Balaban J connectivity index is 2.34. The lowest BCUT2D eigenvalue weighted by Gasteiger charge is -2.02. The molecule has 0 amide bonds. The Morgan fingerprint density at radius 2 is 2.00 bits per heavy atom. The third kappa shape index (κ3) is 4.11. The predicted octanol–water partition coefficient (Wildman–Crippen LogP) is 2.59. The largest absolute Gasteiger partial charge is 0.393 e. The molecule has 1 heteroatoms. The van der Waals surface area contributed by atoms with E-state index >= 15 is 0 Å². The summed E-state index contributed by atoms with van der Waals surface area (Å²) < 4.78 is 0. The summed E-state index contributed by atoms with van der Waals surface area (Å²) in [6.45, 7) is 1.98. The molecular weight excluding hydrogens is 172 g/mol. The SMILES string of the molecule is CC[C@@H](O)CCC#Cc1ccccc1. The van der Waals surface area contributed by atoms with Crippen LogP contribution in [0.25, 0.3) is 0 Å². The van der Waals surface area contributed by atoms with Crippen LogP contribution in [-0.2, 0) is 0 Å². The summed E-state index contributed by atoms with van der Waals surface area (Å²) in [6.07, 6.45) is 2.16. The Bertz CT molecular complexity index is 305. The van der Waals surface area contributed by atoms with Gasteiger partial charge < -0.3 is 5.11 Å². The van der Waals surface area contributed by atoms with Crippen LogP contribution in [0.3, 0.4) is 0 Å². The maximum absolute atomic E-state index is 9.29. The fraction of sp³-hybridized carbons (Fsp3) is 0.385. The first-order valence-corrected chi connectivity index (χ1v) is 5.05. The fourth-order valence-electron chi connectivity index (χ4n) is 1.13. The highest BCUT2D eigenvalue weighted by atomic mass is 16.3. The van der Waals surface area contributed by atoms with Gasteiger partial charge in [0.2, 0.25) is 0 Å². The van der Waals surface area contributed by atoms with Crippen molar-refractivity contribution in [1.29, 1.82) is 0 Å². The lowest BCUT2D eigenvalue weighted by Crippen LogP contribution is -2.02. The molecule has 0 fully saturated rings. The molecule has 0 saturated carbocycles. The van der Waals surface area contributed by atoms with Gasteiger partial charge in [-0.3, -0.25) is 0 Å². The number of aliphatic hydroxyl groups is 1. The average molecular weight is 188 g/mol. The van der Waals surface area contributed by atoms with E-state index in [1.54, 1.807) is 0 Å². The van der Waals surface area contributed by atoms with Crippen LogP contribution in [0.5, 0.6) is 0 Å². The molecule has 0 heterocycles. The molecule has 0 spiro atoms. The van der Waals surface area contributed by atoms with Crippen LogP contribution in [0.4, 0.5) is 0 Å². The molecule has 1 nitrogen and oxygen atoms in total. The predicted molar refractivity (Wildman–Crippen MR) is 58.9 cm³/mol. The minimum Gasteiger partial charge on any atom is -0.393 e. The van der Waals surface area contributed by atoms with Gasteiger partial charge in [-0.05, 0) is 25.0 Å². The second-order valence-electron chi connectivity index (χ2n) is 3.27. The second kappa shape index (κ2) is 6.23. The van der Waals surface area contributed by atoms with E-state index in [9.17, 15) is 5.11 Å². The van der Waals surface area contributed by atoms with E-state index in [1.807, 2.05) is 37.3 Å². The zero-order chi connectivity index (χ0) is 10.2. The van der Waals surface area contributed by atoms with Gasteiger partial charge >= 0.3 is 0 Å². The first-order chi connectivity index (χ1) is 6.83. The van der Waals surface area contributed by atoms with E-state index in [-0.39, 0.29) is 6.10 Å². The minimum absolute atomic E-state index is 0.194. The molecule has 0 bridgehead atoms. The van der Waals surface area contributed by atoms with Crippen molar-refractivity contribution in [2.45, 2.75) is 32.3 Å². The summed E-state index contributed by atoms with van der Waals surface area (Å²) in [7, 11) is 0. The Morgan fingerprint density at radius 3 is 2.64 bits per heavy atom. The van der Waals surface area contributed by atoms with Crippen LogP contribution in [0.15, 0.2) is 30.3 Å². The average Bonchev–Trinajstić information content (AvgIpc) is 2.25. The molecule has 74 valence electrons. The maximum atomic E-state index is 9.29. The highest BCUT2D eigenvalue weighted by molar-refractivity contribution is 5.33. The second-order valence-corrected chi connectivity index (χ2v) is 3.27. The first-order valence-electron chi connectivity index (χ1n) is 5.05. The summed E-state index contributed by atoms with van der Waals surface area (Å²) in [5.41, 5.74) is 1.04. The topological polar surface area (TPSA) is 20.2 Å². The Kier molecular flexibility index (Phi) is 4.82. The van der Waals surface area contributed by atoms with E-state index in [4.69, 9.17) is 0 Å². The monoisotopic (exact) mass is 188 g/mol. The lowest BCUT2D eigenvalue weighted by atomic mass is 10.1. The van der Waals surface area contributed by atoms with Gasteiger partial charge in [0.15, 0.2) is 0 Å². The van der Waals surface area contributed by atoms with E-state index in [2.05, 4.69) is 11.8 Å². The van der Waals surface area contributed by atoms with E-state index in [0.717, 1.165) is 24.8 Å². The smallest absolute Gasteiger partial charge is 0.0546 e. The van der Waals surface area contributed by atoms with Crippen molar-refractivity contribution in [2.24, 2.45) is 0 Å². The summed E-state index contributed by atoms with van der Waals surface area (Å²) in [6, 6.07) is 9.91. The molecule has 14 heavy (non-hydrogen) atoms. The molecule has 0 unspecified atom stereocenters.